The normalized spacial score (nSPS) is 11.1. The SMILES string of the molecule is CCCCCCCCCCCCCCOc1ccc(OCC(=O)N(Cc2cccc[n+]2CC)C(C)=O)cc1OCCCCCCCCCCCCCC. The molecule has 7 heteroatoms. The molecule has 7 nitrogen and oxygen atoms in total. The van der Waals surface area contributed by atoms with Crippen molar-refractivity contribution in [1.29, 1.82) is 0 Å². The number of aromatic nitrogens is 1. The molecule has 2 amide bonds. The molecule has 53 heavy (non-hydrogen) atoms. The molecular formula is C46H77N2O5+. The number of pyridine rings is 1. The molecule has 0 saturated carbocycles. The summed E-state index contributed by atoms with van der Waals surface area (Å²) in [5, 5.41) is 0. The maximum atomic E-state index is 13.2. The fourth-order valence-electron chi connectivity index (χ4n) is 6.78. The second-order valence-electron chi connectivity index (χ2n) is 14.8. The minimum atomic E-state index is -0.379. The van der Waals surface area contributed by atoms with E-state index in [1.54, 1.807) is 0 Å². The number of ether oxygens (including phenoxy) is 3. The highest BCUT2D eigenvalue weighted by molar-refractivity contribution is 5.94. The third-order valence-corrected chi connectivity index (χ3v) is 10.2. The van der Waals surface area contributed by atoms with Crippen LogP contribution >= 0.6 is 0 Å². The largest absolute Gasteiger partial charge is 0.490 e. The van der Waals surface area contributed by atoms with Gasteiger partial charge in [0.15, 0.2) is 24.3 Å². The molecule has 0 aliphatic rings. The summed E-state index contributed by atoms with van der Waals surface area (Å²) in [5.41, 5.74) is 0.890. The fourth-order valence-corrected chi connectivity index (χ4v) is 6.78. The Morgan fingerprint density at radius 3 is 1.51 bits per heavy atom. The standard InChI is InChI=1S/C46H77N2O5/c1-5-8-10-12-14-16-18-20-22-24-26-30-36-51-44-34-33-43(38-45(44)52-37-31-27-25-23-21-19-17-15-13-11-9-6-2)53-40-46(50)48(41(4)49)39-42-32-28-29-35-47(42)7-3/h28-29,32-35,38H,5-27,30-31,36-37,39-40H2,1-4H3/q+1. The molecule has 0 aliphatic heterocycles. The van der Waals surface area contributed by atoms with Crippen LogP contribution in [0.3, 0.4) is 0 Å². The molecule has 0 atom stereocenters. The molecule has 0 N–H and O–H groups in total. The molecular weight excluding hydrogens is 661 g/mol. The lowest BCUT2D eigenvalue weighted by Gasteiger charge is -2.19. The second-order valence-corrected chi connectivity index (χ2v) is 14.8. The number of nitrogens with zero attached hydrogens (tertiary/aromatic N) is 2. The van der Waals surface area contributed by atoms with Crippen molar-refractivity contribution in [3.8, 4) is 17.2 Å². The Bertz CT molecular complexity index is 1220. The first kappa shape index (κ1) is 46.1. The minimum Gasteiger partial charge on any atom is -0.490 e. The van der Waals surface area contributed by atoms with Gasteiger partial charge in [-0.25, -0.2) is 4.57 Å². The van der Waals surface area contributed by atoms with E-state index in [1.807, 2.05) is 54.1 Å². The van der Waals surface area contributed by atoms with Crippen LogP contribution in [0.5, 0.6) is 17.2 Å². The lowest BCUT2D eigenvalue weighted by molar-refractivity contribution is -0.701. The van der Waals surface area contributed by atoms with Gasteiger partial charge < -0.3 is 14.2 Å². The van der Waals surface area contributed by atoms with Gasteiger partial charge in [-0.3, -0.25) is 14.5 Å². The summed E-state index contributed by atoms with van der Waals surface area (Å²) in [6.45, 7) is 9.98. The second kappa shape index (κ2) is 31.3. The zero-order chi connectivity index (χ0) is 38.2. The van der Waals surface area contributed by atoms with Crippen LogP contribution in [0.25, 0.3) is 0 Å². The van der Waals surface area contributed by atoms with E-state index in [0.717, 1.165) is 31.5 Å². The van der Waals surface area contributed by atoms with Gasteiger partial charge in [0.2, 0.25) is 11.6 Å². The molecule has 0 unspecified atom stereocenters. The average Bonchev–Trinajstić information content (AvgIpc) is 3.17. The van der Waals surface area contributed by atoms with E-state index in [1.165, 1.54) is 147 Å². The predicted octanol–water partition coefficient (Wildman–Crippen LogP) is 12.1. The monoisotopic (exact) mass is 738 g/mol. The average molecular weight is 738 g/mol. The molecule has 2 aromatic rings. The molecule has 2 rings (SSSR count). The number of hydrogen-bond acceptors (Lipinski definition) is 5. The van der Waals surface area contributed by atoms with Crippen molar-refractivity contribution in [2.75, 3.05) is 19.8 Å². The van der Waals surface area contributed by atoms with Gasteiger partial charge >= 0.3 is 0 Å². The van der Waals surface area contributed by atoms with Gasteiger partial charge in [0.1, 0.15) is 18.8 Å². The van der Waals surface area contributed by atoms with E-state index in [-0.39, 0.29) is 25.0 Å². The summed E-state index contributed by atoms with van der Waals surface area (Å²) in [7, 11) is 0. The number of carbonyl (C=O) groups excluding carboxylic acids is 2. The van der Waals surface area contributed by atoms with Crippen molar-refractivity contribution in [2.24, 2.45) is 0 Å². The first-order valence-electron chi connectivity index (χ1n) is 21.8. The highest BCUT2D eigenvalue weighted by Gasteiger charge is 2.23. The van der Waals surface area contributed by atoms with Gasteiger partial charge in [-0.05, 0) is 31.9 Å². The fraction of sp³-hybridized carbons (Fsp3) is 0.717. The number of aryl methyl sites for hydroxylation is 1. The summed E-state index contributed by atoms with van der Waals surface area (Å²) in [4.78, 5) is 26.9. The van der Waals surface area contributed by atoms with Crippen molar-refractivity contribution in [3.63, 3.8) is 0 Å². The Morgan fingerprint density at radius 1 is 0.566 bits per heavy atom. The summed E-state index contributed by atoms with van der Waals surface area (Å²) < 4.78 is 20.5. The van der Waals surface area contributed by atoms with Crippen molar-refractivity contribution in [2.45, 2.75) is 195 Å². The van der Waals surface area contributed by atoms with E-state index < -0.39 is 0 Å². The van der Waals surface area contributed by atoms with E-state index in [0.29, 0.717) is 30.5 Å². The Kier molecular flexibility index (Phi) is 27.2. The highest BCUT2D eigenvalue weighted by atomic mass is 16.5. The molecule has 0 spiro atoms. The van der Waals surface area contributed by atoms with Gasteiger partial charge in [-0.1, -0.05) is 161 Å². The van der Waals surface area contributed by atoms with Crippen LogP contribution in [-0.4, -0.2) is 36.5 Å². The zero-order valence-electron chi connectivity index (χ0n) is 34.5. The van der Waals surface area contributed by atoms with Gasteiger partial charge in [-0.2, -0.15) is 0 Å². The summed E-state index contributed by atoms with van der Waals surface area (Å²) in [6, 6.07) is 11.3. The van der Waals surface area contributed by atoms with Crippen molar-refractivity contribution < 1.29 is 28.4 Å². The smallest absolute Gasteiger partial charge is 0.267 e. The minimum absolute atomic E-state index is 0.200. The first-order valence-corrected chi connectivity index (χ1v) is 21.8. The first-order chi connectivity index (χ1) is 26.0. The van der Waals surface area contributed by atoms with E-state index >= 15 is 0 Å². The summed E-state index contributed by atoms with van der Waals surface area (Å²) in [6.07, 6.45) is 33.2. The highest BCUT2D eigenvalue weighted by Crippen LogP contribution is 2.32. The van der Waals surface area contributed by atoms with E-state index in [4.69, 9.17) is 14.2 Å². The van der Waals surface area contributed by atoms with Gasteiger partial charge in [0, 0.05) is 25.1 Å². The summed E-state index contributed by atoms with van der Waals surface area (Å²) in [5.74, 6) is 1.19. The number of imide groups is 1. The Hall–Kier alpha value is -3.09. The molecule has 300 valence electrons. The van der Waals surface area contributed by atoms with Crippen LogP contribution in [0.4, 0.5) is 0 Å². The van der Waals surface area contributed by atoms with Crippen LogP contribution in [-0.2, 0) is 22.7 Å². The quantitative estimate of drug-likeness (QED) is 0.0528. The molecule has 1 aromatic heterocycles. The van der Waals surface area contributed by atoms with Gasteiger partial charge in [-0.15, -0.1) is 0 Å². The Labute approximate surface area is 324 Å². The molecule has 0 saturated heterocycles. The topological polar surface area (TPSA) is 69.0 Å². The number of amides is 2. The molecule has 1 heterocycles. The third kappa shape index (κ3) is 22.0. The zero-order valence-corrected chi connectivity index (χ0v) is 34.5. The lowest BCUT2D eigenvalue weighted by Crippen LogP contribution is -2.44. The molecule has 0 bridgehead atoms. The molecule has 0 aliphatic carbocycles. The van der Waals surface area contributed by atoms with E-state index in [2.05, 4.69) is 13.8 Å². The number of benzene rings is 1. The Morgan fingerprint density at radius 2 is 1.04 bits per heavy atom. The molecule has 0 fully saturated rings. The van der Waals surface area contributed by atoms with Crippen LogP contribution in [0.2, 0.25) is 0 Å². The van der Waals surface area contributed by atoms with Crippen LogP contribution < -0.4 is 18.8 Å². The number of unbranched alkanes of at least 4 members (excludes halogenated alkanes) is 22. The molecule has 1 aromatic carbocycles. The van der Waals surface area contributed by atoms with Gasteiger partial charge in [0.05, 0.1) is 13.2 Å². The van der Waals surface area contributed by atoms with Gasteiger partial charge in [0.25, 0.3) is 5.91 Å². The molecule has 0 radical (unpaired) electrons. The number of rotatable bonds is 34. The van der Waals surface area contributed by atoms with Crippen molar-refractivity contribution in [1.82, 2.24) is 4.90 Å². The van der Waals surface area contributed by atoms with Crippen LogP contribution in [0.15, 0.2) is 42.6 Å². The number of carbonyl (C=O) groups is 2. The Balaban J connectivity index is 1.83. The van der Waals surface area contributed by atoms with Crippen molar-refractivity contribution in [3.05, 3.63) is 48.3 Å². The summed E-state index contributed by atoms with van der Waals surface area (Å²) >= 11 is 0. The van der Waals surface area contributed by atoms with Crippen molar-refractivity contribution >= 4 is 11.8 Å². The lowest BCUT2D eigenvalue weighted by atomic mass is 10.1. The predicted molar refractivity (Wildman–Crippen MR) is 219 cm³/mol. The maximum absolute atomic E-state index is 13.2. The van der Waals surface area contributed by atoms with Crippen LogP contribution in [0.1, 0.15) is 187 Å². The maximum Gasteiger partial charge on any atom is 0.267 e. The number of hydrogen-bond donors (Lipinski definition) is 0. The van der Waals surface area contributed by atoms with Crippen LogP contribution in [0, 0.1) is 0 Å². The third-order valence-electron chi connectivity index (χ3n) is 10.2. The van der Waals surface area contributed by atoms with E-state index in [9.17, 15) is 9.59 Å².